The maximum Gasteiger partial charge on any atom is 0.338 e. The Morgan fingerprint density at radius 2 is 2.24 bits per heavy atom. The van der Waals surface area contributed by atoms with Crippen molar-refractivity contribution in [3.05, 3.63) is 29.6 Å². The number of carbonyl (C=O) groups excluding carboxylic acids is 1. The van der Waals surface area contributed by atoms with E-state index in [1.165, 1.54) is 6.07 Å². The Balaban J connectivity index is 2.15. The summed E-state index contributed by atoms with van der Waals surface area (Å²) in [6.07, 6.45) is 3.27. The quantitative estimate of drug-likeness (QED) is 0.779. The molecule has 1 aromatic rings. The summed E-state index contributed by atoms with van der Waals surface area (Å²) in [7, 11) is 0. The third kappa shape index (κ3) is 3.21. The van der Waals surface area contributed by atoms with Gasteiger partial charge in [0, 0.05) is 5.69 Å². The Morgan fingerprint density at radius 1 is 1.48 bits per heavy atom. The highest BCUT2D eigenvalue weighted by molar-refractivity contribution is 5.98. The number of carboxylic acids is 1. The summed E-state index contributed by atoms with van der Waals surface area (Å²) in [6.45, 7) is 2.80. The molecule has 3 N–H and O–H groups in total. The minimum atomic E-state index is -1.33. The predicted octanol–water partition coefficient (Wildman–Crippen LogP) is 2.38. The number of benzene rings is 1. The van der Waals surface area contributed by atoms with Crippen molar-refractivity contribution < 1.29 is 19.1 Å². The van der Waals surface area contributed by atoms with Gasteiger partial charge in [-0.2, -0.15) is 0 Å². The SMILES string of the molecule is CCCC1(C(=O)Nc2ccc(C(=O)O)c(F)c2)CCCN1. The fourth-order valence-corrected chi connectivity index (χ4v) is 2.77. The van der Waals surface area contributed by atoms with Gasteiger partial charge >= 0.3 is 5.97 Å². The number of amides is 1. The molecule has 114 valence electrons. The van der Waals surface area contributed by atoms with Crippen LogP contribution in [-0.4, -0.2) is 29.1 Å². The van der Waals surface area contributed by atoms with Crippen LogP contribution in [0, 0.1) is 5.82 Å². The Hall–Kier alpha value is -1.95. The first kappa shape index (κ1) is 15.4. The molecule has 0 aromatic heterocycles. The van der Waals surface area contributed by atoms with Gasteiger partial charge in [0.25, 0.3) is 0 Å². The number of hydrogen-bond acceptors (Lipinski definition) is 3. The molecular weight excluding hydrogens is 275 g/mol. The third-order valence-corrected chi connectivity index (χ3v) is 3.81. The molecule has 1 atom stereocenters. The lowest BCUT2D eigenvalue weighted by atomic mass is 9.90. The molecule has 0 saturated carbocycles. The smallest absolute Gasteiger partial charge is 0.338 e. The molecule has 1 saturated heterocycles. The molecule has 1 amide bonds. The molecule has 21 heavy (non-hydrogen) atoms. The van der Waals surface area contributed by atoms with Crippen molar-refractivity contribution in [1.82, 2.24) is 5.32 Å². The fraction of sp³-hybridized carbons (Fsp3) is 0.467. The van der Waals surface area contributed by atoms with Crippen LogP contribution in [0.4, 0.5) is 10.1 Å². The molecule has 6 heteroatoms. The average molecular weight is 294 g/mol. The number of carbonyl (C=O) groups is 2. The van der Waals surface area contributed by atoms with E-state index in [2.05, 4.69) is 10.6 Å². The number of rotatable bonds is 5. The summed E-state index contributed by atoms with van der Waals surface area (Å²) in [6, 6.07) is 3.59. The van der Waals surface area contributed by atoms with E-state index in [1.54, 1.807) is 0 Å². The molecule has 0 radical (unpaired) electrons. The molecular formula is C15H19FN2O3. The molecule has 0 spiro atoms. The summed E-state index contributed by atoms with van der Waals surface area (Å²) in [4.78, 5) is 23.2. The van der Waals surface area contributed by atoms with E-state index in [0.717, 1.165) is 37.9 Å². The van der Waals surface area contributed by atoms with Crippen LogP contribution in [0.2, 0.25) is 0 Å². The minimum absolute atomic E-state index is 0.190. The van der Waals surface area contributed by atoms with Crippen molar-refractivity contribution in [2.45, 2.75) is 38.1 Å². The van der Waals surface area contributed by atoms with Gasteiger partial charge in [-0.3, -0.25) is 4.79 Å². The molecule has 2 rings (SSSR count). The normalized spacial score (nSPS) is 21.2. The lowest BCUT2D eigenvalue weighted by molar-refractivity contribution is -0.122. The van der Waals surface area contributed by atoms with E-state index in [1.807, 2.05) is 6.92 Å². The lowest BCUT2D eigenvalue weighted by Crippen LogP contribution is -2.50. The first-order valence-corrected chi connectivity index (χ1v) is 7.08. The highest BCUT2D eigenvalue weighted by Crippen LogP contribution is 2.27. The molecule has 1 unspecified atom stereocenters. The van der Waals surface area contributed by atoms with Crippen LogP contribution in [0.5, 0.6) is 0 Å². The first-order chi connectivity index (χ1) is 9.98. The standard InChI is InChI=1S/C15H19FN2O3/c1-2-6-15(7-3-8-17-15)14(21)18-10-4-5-11(13(19)20)12(16)9-10/h4-5,9,17H,2-3,6-8H2,1H3,(H,18,21)(H,19,20). The van der Waals surface area contributed by atoms with Crippen LogP contribution in [0.1, 0.15) is 43.0 Å². The summed E-state index contributed by atoms with van der Waals surface area (Å²) in [5, 5.41) is 14.7. The van der Waals surface area contributed by atoms with Crippen LogP contribution in [-0.2, 0) is 4.79 Å². The number of halogens is 1. The van der Waals surface area contributed by atoms with Gasteiger partial charge in [0.2, 0.25) is 5.91 Å². The monoisotopic (exact) mass is 294 g/mol. The maximum atomic E-state index is 13.6. The van der Waals surface area contributed by atoms with Crippen LogP contribution in [0.15, 0.2) is 18.2 Å². The highest BCUT2D eigenvalue weighted by Gasteiger charge is 2.39. The Labute approximate surface area is 122 Å². The lowest BCUT2D eigenvalue weighted by Gasteiger charge is -2.27. The minimum Gasteiger partial charge on any atom is -0.478 e. The first-order valence-electron chi connectivity index (χ1n) is 7.08. The van der Waals surface area contributed by atoms with Gasteiger partial charge < -0.3 is 15.7 Å². The van der Waals surface area contributed by atoms with Gasteiger partial charge in [0.1, 0.15) is 5.82 Å². The van der Waals surface area contributed by atoms with Crippen LogP contribution in [0.25, 0.3) is 0 Å². The van der Waals surface area contributed by atoms with Crippen molar-refractivity contribution in [1.29, 1.82) is 0 Å². The van der Waals surface area contributed by atoms with E-state index >= 15 is 0 Å². The summed E-state index contributed by atoms with van der Waals surface area (Å²) in [5.41, 5.74) is -0.738. The van der Waals surface area contributed by atoms with Gasteiger partial charge in [-0.1, -0.05) is 13.3 Å². The Bertz CT molecular complexity index is 554. The summed E-state index contributed by atoms with van der Waals surface area (Å²) in [5.74, 6) is -2.38. The zero-order chi connectivity index (χ0) is 15.5. The van der Waals surface area contributed by atoms with E-state index < -0.39 is 22.9 Å². The second-order valence-electron chi connectivity index (χ2n) is 5.32. The fourth-order valence-electron chi connectivity index (χ4n) is 2.77. The number of anilines is 1. The van der Waals surface area contributed by atoms with Crippen molar-refractivity contribution in [2.24, 2.45) is 0 Å². The Morgan fingerprint density at radius 3 is 2.76 bits per heavy atom. The molecule has 0 aliphatic carbocycles. The third-order valence-electron chi connectivity index (χ3n) is 3.81. The van der Waals surface area contributed by atoms with Gasteiger partial charge in [-0.05, 0) is 44.0 Å². The maximum absolute atomic E-state index is 13.6. The molecule has 5 nitrogen and oxygen atoms in total. The Kier molecular flexibility index (Phi) is 4.57. The van der Waals surface area contributed by atoms with E-state index in [4.69, 9.17) is 5.11 Å². The second-order valence-corrected chi connectivity index (χ2v) is 5.32. The van der Waals surface area contributed by atoms with Crippen molar-refractivity contribution in [3.63, 3.8) is 0 Å². The van der Waals surface area contributed by atoms with E-state index in [-0.39, 0.29) is 11.6 Å². The number of aromatic carboxylic acids is 1. The van der Waals surface area contributed by atoms with Crippen LogP contribution >= 0.6 is 0 Å². The number of nitrogens with one attached hydrogen (secondary N) is 2. The molecule has 1 aliphatic rings. The zero-order valence-electron chi connectivity index (χ0n) is 11.9. The molecule has 1 aliphatic heterocycles. The van der Waals surface area contributed by atoms with Gasteiger partial charge in [-0.15, -0.1) is 0 Å². The zero-order valence-corrected chi connectivity index (χ0v) is 11.9. The largest absolute Gasteiger partial charge is 0.478 e. The van der Waals surface area contributed by atoms with Crippen LogP contribution < -0.4 is 10.6 Å². The van der Waals surface area contributed by atoms with Gasteiger partial charge in [0.15, 0.2) is 0 Å². The molecule has 1 fully saturated rings. The highest BCUT2D eigenvalue weighted by atomic mass is 19.1. The average Bonchev–Trinajstić information content (AvgIpc) is 2.88. The summed E-state index contributed by atoms with van der Waals surface area (Å²) >= 11 is 0. The molecule has 1 aromatic carbocycles. The van der Waals surface area contributed by atoms with Crippen molar-refractivity contribution in [2.75, 3.05) is 11.9 Å². The topological polar surface area (TPSA) is 78.4 Å². The van der Waals surface area contributed by atoms with Gasteiger partial charge in [-0.25, -0.2) is 9.18 Å². The van der Waals surface area contributed by atoms with Gasteiger partial charge in [0.05, 0.1) is 11.1 Å². The van der Waals surface area contributed by atoms with E-state index in [0.29, 0.717) is 6.42 Å². The second kappa shape index (κ2) is 6.22. The number of hydrogen-bond donors (Lipinski definition) is 3. The number of carboxylic acid groups (broad SMARTS) is 1. The summed E-state index contributed by atoms with van der Waals surface area (Å²) < 4.78 is 13.6. The molecule has 1 heterocycles. The predicted molar refractivity (Wildman–Crippen MR) is 76.9 cm³/mol. The van der Waals surface area contributed by atoms with Crippen molar-refractivity contribution >= 4 is 17.6 Å². The molecule has 0 bridgehead atoms. The van der Waals surface area contributed by atoms with Crippen LogP contribution in [0.3, 0.4) is 0 Å². The van der Waals surface area contributed by atoms with E-state index in [9.17, 15) is 14.0 Å². The van der Waals surface area contributed by atoms with Crippen molar-refractivity contribution in [3.8, 4) is 0 Å².